The lowest BCUT2D eigenvalue weighted by atomic mass is 10.4. The Balaban J connectivity index is 3.56. The first kappa shape index (κ1) is 8.93. The first-order chi connectivity index (χ1) is 4.70. The zero-order valence-corrected chi connectivity index (χ0v) is 5.45. The Morgan fingerprint density at radius 3 is 2.70 bits per heavy atom. The molecule has 0 amide bonds. The topological polar surface area (TPSA) is 101 Å². The van der Waals surface area contributed by atoms with E-state index in [9.17, 15) is 4.79 Å². The van der Waals surface area contributed by atoms with Crippen molar-refractivity contribution in [2.45, 2.75) is 6.23 Å². The average molecular weight is 145 g/mol. The summed E-state index contributed by atoms with van der Waals surface area (Å²) in [5, 5.41) is 11.0. The van der Waals surface area contributed by atoms with E-state index in [4.69, 9.17) is 16.6 Å². The van der Waals surface area contributed by atoms with Crippen LogP contribution in [0.3, 0.4) is 0 Å². The van der Waals surface area contributed by atoms with Gasteiger partial charge in [0.25, 0.3) is 0 Å². The molecule has 0 fully saturated rings. The van der Waals surface area contributed by atoms with Gasteiger partial charge in [-0.05, 0) is 0 Å². The molecular formula is C5H11N3O2. The Kier molecular flexibility index (Phi) is 4.26. The van der Waals surface area contributed by atoms with E-state index in [2.05, 4.69) is 5.32 Å². The van der Waals surface area contributed by atoms with Gasteiger partial charge < -0.3 is 21.9 Å². The number of aliphatic hydroxyl groups is 1. The maximum absolute atomic E-state index is 10.0. The third-order valence-electron chi connectivity index (χ3n) is 0.822. The second-order valence-corrected chi connectivity index (χ2v) is 1.69. The van der Waals surface area contributed by atoms with Crippen LogP contribution in [0.2, 0.25) is 0 Å². The van der Waals surface area contributed by atoms with E-state index in [1.54, 1.807) is 0 Å². The number of carbonyl (C=O) groups is 1. The molecule has 0 saturated heterocycles. The molecule has 0 aliphatic rings. The number of nitrogens with two attached hydrogens (primary N) is 2. The molecule has 10 heavy (non-hydrogen) atoms. The molecule has 0 aromatic carbocycles. The molecular weight excluding hydrogens is 134 g/mol. The lowest BCUT2D eigenvalue weighted by Crippen LogP contribution is -2.33. The molecule has 5 nitrogen and oxygen atoms in total. The normalized spacial score (nSPS) is 14.4. The molecule has 0 aliphatic heterocycles. The van der Waals surface area contributed by atoms with Crippen molar-refractivity contribution in [2.75, 3.05) is 6.54 Å². The van der Waals surface area contributed by atoms with Crippen LogP contribution in [-0.4, -0.2) is 24.2 Å². The van der Waals surface area contributed by atoms with Gasteiger partial charge >= 0.3 is 0 Å². The monoisotopic (exact) mass is 145 g/mol. The zero-order chi connectivity index (χ0) is 7.98. The predicted octanol–water partition coefficient (Wildman–Crippen LogP) is -2.15. The fourth-order valence-electron chi connectivity index (χ4n) is 0.362. The Bertz CT molecular complexity index is 133. The Morgan fingerprint density at radius 1 is 1.80 bits per heavy atom. The van der Waals surface area contributed by atoms with E-state index in [1.165, 1.54) is 0 Å². The molecule has 0 heterocycles. The fourth-order valence-corrected chi connectivity index (χ4v) is 0.362. The zero-order valence-electron chi connectivity index (χ0n) is 5.45. The van der Waals surface area contributed by atoms with Gasteiger partial charge in [-0.1, -0.05) is 0 Å². The van der Waals surface area contributed by atoms with E-state index in [-0.39, 0.29) is 12.2 Å². The molecule has 0 saturated carbocycles. The number of carbonyl (C=O) groups excluding carboxylic acids is 1. The summed E-state index contributed by atoms with van der Waals surface area (Å²) in [6.07, 6.45) is 0.674. The van der Waals surface area contributed by atoms with Gasteiger partial charge in [-0.3, -0.25) is 4.79 Å². The Labute approximate surface area is 58.7 Å². The summed E-state index contributed by atoms with van der Waals surface area (Å²) in [5.74, 6) is 0. The van der Waals surface area contributed by atoms with Crippen LogP contribution in [0.15, 0.2) is 11.9 Å². The number of hydrogen-bond acceptors (Lipinski definition) is 5. The van der Waals surface area contributed by atoms with Crippen LogP contribution in [0, 0.1) is 0 Å². The number of aliphatic hydroxyl groups excluding tert-OH is 1. The molecule has 0 spiro atoms. The van der Waals surface area contributed by atoms with Crippen LogP contribution in [0.25, 0.3) is 0 Å². The minimum atomic E-state index is -0.977. The predicted molar refractivity (Wildman–Crippen MR) is 36.5 cm³/mol. The highest BCUT2D eigenvalue weighted by Crippen LogP contribution is 1.77. The molecule has 0 aromatic heterocycles. The van der Waals surface area contributed by atoms with Gasteiger partial charge in [-0.15, -0.1) is 0 Å². The first-order valence-corrected chi connectivity index (χ1v) is 2.75. The minimum absolute atomic E-state index is 0.113. The molecule has 5 heteroatoms. The molecule has 0 unspecified atom stereocenters. The Hall–Kier alpha value is -1.07. The van der Waals surface area contributed by atoms with Gasteiger partial charge in [0.1, 0.15) is 6.23 Å². The summed E-state index contributed by atoms with van der Waals surface area (Å²) < 4.78 is 0. The highest BCUT2D eigenvalue weighted by molar-refractivity contribution is 5.71. The average Bonchev–Trinajstić information content (AvgIpc) is 1.90. The number of hydrogen-bond donors (Lipinski definition) is 4. The van der Waals surface area contributed by atoms with Crippen molar-refractivity contribution in [3.05, 3.63) is 11.9 Å². The van der Waals surface area contributed by atoms with Gasteiger partial charge in [0.05, 0.1) is 12.2 Å². The highest BCUT2D eigenvalue weighted by atomic mass is 16.3. The van der Waals surface area contributed by atoms with Gasteiger partial charge in [-0.25, -0.2) is 0 Å². The van der Waals surface area contributed by atoms with Crippen molar-refractivity contribution in [3.8, 4) is 0 Å². The molecule has 0 aliphatic carbocycles. The van der Waals surface area contributed by atoms with Crippen LogP contribution in [-0.2, 0) is 4.79 Å². The summed E-state index contributed by atoms with van der Waals surface area (Å²) in [5.41, 5.74) is 10.2. The maximum Gasteiger partial charge on any atom is 0.167 e. The van der Waals surface area contributed by atoms with Gasteiger partial charge in [0.2, 0.25) is 0 Å². The summed E-state index contributed by atoms with van der Waals surface area (Å²) >= 11 is 0. The maximum atomic E-state index is 10.0. The smallest absolute Gasteiger partial charge is 0.167 e. The third-order valence-corrected chi connectivity index (χ3v) is 0.822. The molecule has 0 rings (SSSR count). The third kappa shape index (κ3) is 3.88. The molecule has 0 radical (unpaired) electrons. The van der Waals surface area contributed by atoms with E-state index in [0.717, 1.165) is 6.20 Å². The van der Waals surface area contributed by atoms with Crippen LogP contribution in [0.4, 0.5) is 0 Å². The van der Waals surface area contributed by atoms with Crippen LogP contribution >= 0.6 is 0 Å². The van der Waals surface area contributed by atoms with E-state index >= 15 is 0 Å². The summed E-state index contributed by atoms with van der Waals surface area (Å²) in [6.45, 7) is 0.113. The molecule has 6 N–H and O–H groups in total. The van der Waals surface area contributed by atoms with E-state index in [0.29, 0.717) is 6.29 Å². The lowest BCUT2D eigenvalue weighted by molar-refractivity contribution is -0.105. The van der Waals surface area contributed by atoms with Gasteiger partial charge in [0.15, 0.2) is 6.29 Å². The summed E-state index contributed by atoms with van der Waals surface area (Å²) in [7, 11) is 0. The van der Waals surface area contributed by atoms with Gasteiger partial charge in [-0.2, -0.15) is 0 Å². The van der Waals surface area contributed by atoms with Gasteiger partial charge in [0, 0.05) is 6.20 Å². The molecule has 1 atom stereocenters. The number of nitrogens with one attached hydrogen (secondary N) is 1. The van der Waals surface area contributed by atoms with E-state index < -0.39 is 6.23 Å². The molecule has 0 bridgehead atoms. The Morgan fingerprint density at radius 2 is 2.40 bits per heavy atom. The molecule has 58 valence electrons. The van der Waals surface area contributed by atoms with Crippen molar-refractivity contribution >= 4 is 6.29 Å². The SMILES string of the molecule is N/C=C(/C=O)NC[C@H](N)O. The first-order valence-electron chi connectivity index (χ1n) is 2.75. The van der Waals surface area contributed by atoms with Crippen molar-refractivity contribution in [2.24, 2.45) is 11.5 Å². The summed E-state index contributed by atoms with van der Waals surface area (Å²) in [4.78, 5) is 10.0. The quantitative estimate of drug-likeness (QED) is 0.205. The largest absolute Gasteiger partial charge is 0.403 e. The molecule has 0 aromatic rings. The highest BCUT2D eigenvalue weighted by Gasteiger charge is 1.95. The second kappa shape index (κ2) is 4.78. The van der Waals surface area contributed by atoms with Crippen molar-refractivity contribution in [1.29, 1.82) is 0 Å². The van der Waals surface area contributed by atoms with Crippen molar-refractivity contribution in [3.63, 3.8) is 0 Å². The summed E-state index contributed by atoms with van der Waals surface area (Å²) in [6, 6.07) is 0. The standard InChI is InChI=1S/C5H11N3O2/c6-1-4(3-9)8-2-5(7)10/h1,3,5,8,10H,2,6-7H2/b4-1-/t5-/m1/s1. The number of allylic oxidation sites excluding steroid dienone is 1. The number of aldehydes is 1. The lowest BCUT2D eigenvalue weighted by Gasteiger charge is -2.05. The van der Waals surface area contributed by atoms with Crippen LogP contribution in [0.5, 0.6) is 0 Å². The van der Waals surface area contributed by atoms with E-state index in [1.807, 2.05) is 0 Å². The van der Waals surface area contributed by atoms with Crippen LogP contribution < -0.4 is 16.8 Å². The number of rotatable bonds is 4. The van der Waals surface area contributed by atoms with Crippen molar-refractivity contribution in [1.82, 2.24) is 5.32 Å². The van der Waals surface area contributed by atoms with Crippen LogP contribution in [0.1, 0.15) is 0 Å². The minimum Gasteiger partial charge on any atom is -0.403 e. The fraction of sp³-hybridized carbons (Fsp3) is 0.400. The second-order valence-electron chi connectivity index (χ2n) is 1.69. The van der Waals surface area contributed by atoms with Crippen molar-refractivity contribution < 1.29 is 9.90 Å².